The van der Waals surface area contributed by atoms with Crippen LogP contribution in [0.5, 0.6) is 5.75 Å². The molecule has 20 heavy (non-hydrogen) atoms. The molecule has 0 saturated heterocycles. The van der Waals surface area contributed by atoms with Gasteiger partial charge in [0.1, 0.15) is 5.75 Å². The number of amides is 1. The van der Waals surface area contributed by atoms with E-state index < -0.39 is 0 Å². The van der Waals surface area contributed by atoms with Gasteiger partial charge in [-0.25, -0.2) is 0 Å². The largest absolute Gasteiger partial charge is 0.507 e. The van der Waals surface area contributed by atoms with E-state index in [1.54, 1.807) is 17.0 Å². The molecule has 3 nitrogen and oxygen atoms in total. The molecule has 1 aromatic carbocycles. The van der Waals surface area contributed by atoms with E-state index in [1.165, 1.54) is 11.6 Å². The zero-order chi connectivity index (χ0) is 14.9. The van der Waals surface area contributed by atoms with Crippen molar-refractivity contribution in [2.75, 3.05) is 13.1 Å². The van der Waals surface area contributed by atoms with Crippen molar-refractivity contribution in [1.82, 2.24) is 4.90 Å². The third kappa shape index (κ3) is 3.15. The monoisotopic (exact) mass is 293 g/mol. The van der Waals surface area contributed by atoms with Crippen molar-refractivity contribution in [3.8, 4) is 5.75 Å². The van der Waals surface area contributed by atoms with Crippen LogP contribution in [0.15, 0.2) is 29.8 Å². The maximum atomic E-state index is 12.4. The van der Waals surface area contributed by atoms with Crippen molar-refractivity contribution in [2.24, 2.45) is 5.41 Å². The van der Waals surface area contributed by atoms with E-state index in [1.807, 2.05) is 0 Å². The molecule has 1 aliphatic rings. The molecule has 108 valence electrons. The van der Waals surface area contributed by atoms with E-state index in [0.717, 1.165) is 6.42 Å². The van der Waals surface area contributed by atoms with E-state index in [4.69, 9.17) is 11.6 Å². The fourth-order valence-corrected chi connectivity index (χ4v) is 2.56. The van der Waals surface area contributed by atoms with Gasteiger partial charge in [-0.05, 0) is 30.0 Å². The van der Waals surface area contributed by atoms with Crippen LogP contribution in [-0.2, 0) is 0 Å². The SMILES string of the molecule is CC(C)(C)C1=CCN(C(=O)c2ccc(Cl)cc2O)CC1. The fourth-order valence-electron chi connectivity index (χ4n) is 2.39. The van der Waals surface area contributed by atoms with Gasteiger partial charge in [0, 0.05) is 18.1 Å². The molecule has 4 heteroatoms. The minimum absolute atomic E-state index is 0.0619. The van der Waals surface area contributed by atoms with Crippen LogP contribution >= 0.6 is 11.6 Å². The van der Waals surface area contributed by atoms with Crippen molar-refractivity contribution in [1.29, 1.82) is 0 Å². The number of hydrogen-bond acceptors (Lipinski definition) is 2. The lowest BCUT2D eigenvalue weighted by Crippen LogP contribution is -2.36. The molecular weight excluding hydrogens is 274 g/mol. The molecule has 1 N–H and O–H groups in total. The van der Waals surface area contributed by atoms with Crippen molar-refractivity contribution < 1.29 is 9.90 Å². The Morgan fingerprint density at radius 1 is 1.35 bits per heavy atom. The molecule has 0 atom stereocenters. The summed E-state index contributed by atoms with van der Waals surface area (Å²) >= 11 is 5.78. The summed E-state index contributed by atoms with van der Waals surface area (Å²) in [6, 6.07) is 4.59. The summed E-state index contributed by atoms with van der Waals surface area (Å²) < 4.78 is 0. The molecule has 0 aliphatic carbocycles. The average Bonchev–Trinajstić information content (AvgIpc) is 2.37. The first kappa shape index (κ1) is 14.9. The Hall–Kier alpha value is -1.48. The highest BCUT2D eigenvalue weighted by molar-refractivity contribution is 6.30. The first-order valence-electron chi connectivity index (χ1n) is 6.76. The molecule has 0 saturated carbocycles. The third-order valence-electron chi connectivity index (χ3n) is 3.65. The van der Waals surface area contributed by atoms with Gasteiger partial charge in [-0.15, -0.1) is 0 Å². The van der Waals surface area contributed by atoms with Crippen molar-refractivity contribution in [3.63, 3.8) is 0 Å². The number of carbonyl (C=O) groups is 1. The summed E-state index contributed by atoms with van der Waals surface area (Å²) in [4.78, 5) is 14.1. The summed E-state index contributed by atoms with van der Waals surface area (Å²) in [6.07, 6.45) is 3.00. The molecule has 0 fully saturated rings. The Labute approximate surface area is 124 Å². The summed E-state index contributed by atoms with van der Waals surface area (Å²) in [5.41, 5.74) is 1.83. The number of nitrogens with zero attached hydrogens (tertiary/aromatic N) is 1. The van der Waals surface area contributed by atoms with Gasteiger partial charge in [0.05, 0.1) is 5.56 Å². The number of carbonyl (C=O) groups excluding carboxylic acids is 1. The van der Waals surface area contributed by atoms with E-state index >= 15 is 0 Å². The second-order valence-electron chi connectivity index (χ2n) is 6.14. The highest BCUT2D eigenvalue weighted by Gasteiger charge is 2.25. The Morgan fingerprint density at radius 3 is 2.55 bits per heavy atom. The van der Waals surface area contributed by atoms with E-state index in [-0.39, 0.29) is 17.1 Å². The lowest BCUT2D eigenvalue weighted by atomic mass is 9.83. The zero-order valence-electron chi connectivity index (χ0n) is 12.1. The van der Waals surface area contributed by atoms with Gasteiger partial charge in [0.15, 0.2) is 0 Å². The molecule has 0 aromatic heterocycles. The quantitative estimate of drug-likeness (QED) is 0.799. The molecule has 0 radical (unpaired) electrons. The third-order valence-corrected chi connectivity index (χ3v) is 3.88. The second kappa shape index (κ2) is 5.49. The van der Waals surface area contributed by atoms with Gasteiger partial charge in [0.25, 0.3) is 5.91 Å². The minimum atomic E-state index is -0.150. The van der Waals surface area contributed by atoms with Crippen molar-refractivity contribution in [3.05, 3.63) is 40.4 Å². The second-order valence-corrected chi connectivity index (χ2v) is 6.58. The van der Waals surface area contributed by atoms with E-state index in [9.17, 15) is 9.90 Å². The Balaban J connectivity index is 2.14. The topological polar surface area (TPSA) is 40.5 Å². The highest BCUT2D eigenvalue weighted by Crippen LogP contribution is 2.31. The van der Waals surface area contributed by atoms with Crippen molar-refractivity contribution >= 4 is 17.5 Å². The fraction of sp³-hybridized carbons (Fsp3) is 0.438. The predicted molar refractivity (Wildman–Crippen MR) is 81.2 cm³/mol. The maximum Gasteiger partial charge on any atom is 0.257 e. The minimum Gasteiger partial charge on any atom is -0.507 e. The normalized spacial score (nSPS) is 16.0. The standard InChI is InChI=1S/C16H20ClNO2/c1-16(2,3)11-6-8-18(9-7-11)15(20)13-5-4-12(17)10-14(13)19/h4-6,10,19H,7-9H2,1-3H3. The van der Waals surface area contributed by atoms with Crippen LogP contribution < -0.4 is 0 Å². The number of aromatic hydroxyl groups is 1. The van der Waals surface area contributed by atoms with Crippen LogP contribution in [0.2, 0.25) is 5.02 Å². The van der Waals surface area contributed by atoms with Gasteiger partial charge < -0.3 is 10.0 Å². The van der Waals surface area contributed by atoms with Crippen LogP contribution in [-0.4, -0.2) is 29.0 Å². The summed E-state index contributed by atoms with van der Waals surface area (Å²) in [5, 5.41) is 10.3. The average molecular weight is 294 g/mol. The first-order chi connectivity index (χ1) is 9.29. The Bertz CT molecular complexity index is 558. The number of phenols is 1. The van der Waals surface area contributed by atoms with Gasteiger partial charge >= 0.3 is 0 Å². The molecule has 1 heterocycles. The smallest absolute Gasteiger partial charge is 0.257 e. The van der Waals surface area contributed by atoms with Gasteiger partial charge in [0.2, 0.25) is 0 Å². The van der Waals surface area contributed by atoms with Gasteiger partial charge in [-0.2, -0.15) is 0 Å². The summed E-state index contributed by atoms with van der Waals surface area (Å²) in [7, 11) is 0. The number of rotatable bonds is 1. The molecule has 0 spiro atoms. The lowest BCUT2D eigenvalue weighted by Gasteiger charge is -2.32. The number of phenolic OH excluding ortho intramolecular Hbond substituents is 1. The summed E-state index contributed by atoms with van der Waals surface area (Å²) in [5.74, 6) is -0.212. The van der Waals surface area contributed by atoms with Crippen LogP contribution in [0.1, 0.15) is 37.6 Å². The first-order valence-corrected chi connectivity index (χ1v) is 7.14. The maximum absolute atomic E-state index is 12.4. The number of benzene rings is 1. The molecule has 2 rings (SSSR count). The van der Waals surface area contributed by atoms with Gasteiger partial charge in [-0.3, -0.25) is 4.79 Å². The Morgan fingerprint density at radius 2 is 2.05 bits per heavy atom. The van der Waals surface area contributed by atoms with Crippen molar-refractivity contribution in [2.45, 2.75) is 27.2 Å². The summed E-state index contributed by atoms with van der Waals surface area (Å²) in [6.45, 7) is 7.82. The molecule has 1 amide bonds. The van der Waals surface area contributed by atoms with Gasteiger partial charge in [-0.1, -0.05) is 44.0 Å². The lowest BCUT2D eigenvalue weighted by molar-refractivity contribution is 0.0762. The van der Waals surface area contributed by atoms with Crippen LogP contribution in [0.4, 0.5) is 0 Å². The van der Waals surface area contributed by atoms with Crippen LogP contribution in [0.25, 0.3) is 0 Å². The molecule has 1 aliphatic heterocycles. The molecule has 0 bridgehead atoms. The number of halogens is 1. The predicted octanol–water partition coefficient (Wildman–Crippen LogP) is 3.86. The van der Waals surface area contributed by atoms with Crippen LogP contribution in [0, 0.1) is 5.41 Å². The molecule has 0 unspecified atom stereocenters. The Kier molecular flexibility index (Phi) is 4.09. The molecular formula is C16H20ClNO2. The van der Waals surface area contributed by atoms with E-state index in [0.29, 0.717) is 23.7 Å². The highest BCUT2D eigenvalue weighted by atomic mass is 35.5. The zero-order valence-corrected chi connectivity index (χ0v) is 12.9. The number of hydrogen-bond donors (Lipinski definition) is 1. The molecule has 1 aromatic rings. The van der Waals surface area contributed by atoms with E-state index in [2.05, 4.69) is 26.8 Å². The van der Waals surface area contributed by atoms with Crippen LogP contribution in [0.3, 0.4) is 0 Å².